The highest BCUT2D eigenvalue weighted by Crippen LogP contribution is 2.30. The molecule has 1 fully saturated rings. The van der Waals surface area contributed by atoms with Gasteiger partial charge in [0.05, 0.1) is 5.69 Å². The van der Waals surface area contributed by atoms with Crippen molar-refractivity contribution in [2.24, 2.45) is 0 Å². The van der Waals surface area contributed by atoms with Gasteiger partial charge in [-0.05, 0) is 44.0 Å². The average molecular weight is 383 g/mol. The molecule has 0 radical (unpaired) electrons. The number of nitrogens with zero attached hydrogens (tertiary/aromatic N) is 3. The number of hydrogen-bond acceptors (Lipinski definition) is 5. The number of aryl methyl sites for hydroxylation is 1. The second kappa shape index (κ2) is 7.14. The maximum atomic E-state index is 14.5. The Bertz CT molecular complexity index is 1010. The van der Waals surface area contributed by atoms with Gasteiger partial charge in [-0.25, -0.2) is 9.37 Å². The van der Waals surface area contributed by atoms with Crippen LogP contribution < -0.4 is 5.32 Å². The van der Waals surface area contributed by atoms with Gasteiger partial charge < -0.3 is 10.4 Å². The maximum Gasteiger partial charge on any atom is 0.182 e. The van der Waals surface area contributed by atoms with Crippen LogP contribution in [0.2, 0.25) is 0 Å². The van der Waals surface area contributed by atoms with Crippen LogP contribution in [0.25, 0.3) is 22.3 Å². The van der Waals surface area contributed by atoms with E-state index >= 15 is 0 Å². The van der Waals surface area contributed by atoms with Gasteiger partial charge in [0, 0.05) is 54.4 Å². The van der Waals surface area contributed by atoms with Gasteiger partial charge in [0.2, 0.25) is 0 Å². The van der Waals surface area contributed by atoms with E-state index in [9.17, 15) is 9.50 Å². The molecule has 4 rings (SSSR count). The van der Waals surface area contributed by atoms with Gasteiger partial charge in [0.15, 0.2) is 5.65 Å². The lowest BCUT2D eigenvalue weighted by Crippen LogP contribution is -2.56. The third-order valence-corrected chi connectivity index (χ3v) is 5.31. The fourth-order valence-electron chi connectivity index (χ4n) is 4.02. The number of rotatable bonds is 4. The van der Waals surface area contributed by atoms with Crippen LogP contribution in [-0.2, 0) is 13.0 Å². The first-order chi connectivity index (χ1) is 13.4. The van der Waals surface area contributed by atoms with Crippen LogP contribution in [0.4, 0.5) is 4.39 Å². The number of benzene rings is 1. The van der Waals surface area contributed by atoms with E-state index in [2.05, 4.69) is 46.2 Å². The fraction of sp³-hybridized carbons (Fsp3) is 0.429. The summed E-state index contributed by atoms with van der Waals surface area (Å²) in [6.07, 6.45) is 0.825. The highest BCUT2D eigenvalue weighted by molar-refractivity contribution is 5.85. The summed E-state index contributed by atoms with van der Waals surface area (Å²) in [4.78, 5) is 7.00. The Morgan fingerprint density at radius 1 is 1.29 bits per heavy atom. The summed E-state index contributed by atoms with van der Waals surface area (Å²) in [5.41, 5.74) is 3.69. The Labute approximate surface area is 163 Å². The third-order valence-electron chi connectivity index (χ3n) is 5.31. The molecule has 1 aromatic carbocycles. The Balaban J connectivity index is 1.79. The summed E-state index contributed by atoms with van der Waals surface area (Å²) in [5, 5.41) is 21.5. The molecule has 28 heavy (non-hydrogen) atoms. The van der Waals surface area contributed by atoms with E-state index in [4.69, 9.17) is 0 Å². The van der Waals surface area contributed by atoms with E-state index in [0.29, 0.717) is 16.9 Å². The average Bonchev–Trinajstić information content (AvgIpc) is 3.04. The second-order valence-corrected chi connectivity index (χ2v) is 8.11. The third kappa shape index (κ3) is 3.59. The smallest absolute Gasteiger partial charge is 0.182 e. The van der Waals surface area contributed by atoms with E-state index in [1.165, 1.54) is 6.07 Å². The number of halogens is 1. The van der Waals surface area contributed by atoms with E-state index in [1.54, 1.807) is 6.07 Å². The van der Waals surface area contributed by atoms with Gasteiger partial charge in [-0.1, -0.05) is 6.92 Å². The van der Waals surface area contributed by atoms with Gasteiger partial charge in [-0.15, -0.1) is 0 Å². The number of pyridine rings is 1. The molecule has 3 aromatic rings. The molecule has 0 bridgehead atoms. The van der Waals surface area contributed by atoms with Crippen LogP contribution in [0.3, 0.4) is 0 Å². The molecule has 6 nitrogen and oxygen atoms in total. The quantitative estimate of drug-likeness (QED) is 0.645. The molecule has 7 heteroatoms. The van der Waals surface area contributed by atoms with Crippen molar-refractivity contribution in [1.29, 1.82) is 0 Å². The first-order valence-corrected chi connectivity index (χ1v) is 9.69. The lowest BCUT2D eigenvalue weighted by Gasteiger charge is -2.39. The topological polar surface area (TPSA) is 77.1 Å². The molecule has 0 spiro atoms. The number of phenolic OH excluding ortho intramolecular Hbond substituents is 1. The Kier molecular flexibility index (Phi) is 4.81. The molecule has 1 aliphatic heterocycles. The molecule has 3 N–H and O–H groups in total. The van der Waals surface area contributed by atoms with Gasteiger partial charge in [0.1, 0.15) is 11.6 Å². The Morgan fingerprint density at radius 2 is 2.11 bits per heavy atom. The highest BCUT2D eigenvalue weighted by Gasteiger charge is 2.26. The minimum Gasteiger partial charge on any atom is -0.508 e. The molecular weight excluding hydrogens is 357 g/mol. The second-order valence-electron chi connectivity index (χ2n) is 8.11. The summed E-state index contributed by atoms with van der Waals surface area (Å²) in [6.45, 7) is 10.1. The van der Waals surface area contributed by atoms with Crippen LogP contribution in [0.5, 0.6) is 5.75 Å². The van der Waals surface area contributed by atoms with Crippen LogP contribution in [0.1, 0.15) is 32.0 Å². The van der Waals surface area contributed by atoms with E-state index < -0.39 is 5.82 Å². The summed E-state index contributed by atoms with van der Waals surface area (Å²) in [7, 11) is 0. The molecule has 0 amide bonds. The minimum atomic E-state index is -0.493. The first kappa shape index (κ1) is 18.8. The number of aromatic hydroxyl groups is 1. The number of H-pyrrole nitrogens is 1. The van der Waals surface area contributed by atoms with Crippen molar-refractivity contribution in [2.45, 2.75) is 39.3 Å². The number of fused-ring (bicyclic) bond motifs is 1. The van der Waals surface area contributed by atoms with Gasteiger partial charge in [0.25, 0.3) is 0 Å². The number of aromatic nitrogens is 3. The SMILES string of the molecule is CCc1[nH]nc2nc(-c3ccc(O)cc3F)cc(CN3CCNC(C)(C)C3)c12. The molecule has 1 saturated heterocycles. The predicted octanol–water partition coefficient (Wildman–Crippen LogP) is 3.22. The van der Waals surface area contributed by atoms with Crippen molar-refractivity contribution in [2.75, 3.05) is 19.6 Å². The van der Waals surface area contributed by atoms with E-state index in [0.717, 1.165) is 55.3 Å². The molecule has 3 heterocycles. The number of phenols is 1. The first-order valence-electron chi connectivity index (χ1n) is 9.69. The van der Waals surface area contributed by atoms with Crippen LogP contribution in [0, 0.1) is 5.82 Å². The van der Waals surface area contributed by atoms with Crippen molar-refractivity contribution >= 4 is 11.0 Å². The number of nitrogens with one attached hydrogen (secondary N) is 2. The van der Waals surface area contributed by atoms with E-state index in [-0.39, 0.29) is 11.3 Å². The van der Waals surface area contributed by atoms with Crippen molar-refractivity contribution in [3.05, 3.63) is 41.3 Å². The zero-order valence-electron chi connectivity index (χ0n) is 16.5. The molecule has 148 valence electrons. The lowest BCUT2D eigenvalue weighted by molar-refractivity contribution is 0.149. The number of piperazine rings is 1. The van der Waals surface area contributed by atoms with Gasteiger partial charge >= 0.3 is 0 Å². The minimum absolute atomic E-state index is 0.0558. The summed E-state index contributed by atoms with van der Waals surface area (Å²) >= 11 is 0. The molecular formula is C21H26FN5O. The van der Waals surface area contributed by atoms with Gasteiger partial charge in [-0.3, -0.25) is 10.00 Å². The van der Waals surface area contributed by atoms with Crippen molar-refractivity contribution in [3.8, 4) is 17.0 Å². The zero-order valence-corrected chi connectivity index (χ0v) is 16.5. The highest BCUT2D eigenvalue weighted by atomic mass is 19.1. The molecule has 0 aliphatic carbocycles. The van der Waals surface area contributed by atoms with Crippen LogP contribution in [0.15, 0.2) is 24.3 Å². The predicted molar refractivity (Wildman–Crippen MR) is 108 cm³/mol. The number of aromatic amines is 1. The van der Waals surface area contributed by atoms with Crippen LogP contribution in [-0.4, -0.2) is 50.4 Å². The Morgan fingerprint density at radius 3 is 2.82 bits per heavy atom. The number of hydrogen-bond donors (Lipinski definition) is 3. The molecule has 0 unspecified atom stereocenters. The molecule has 0 saturated carbocycles. The summed E-state index contributed by atoms with van der Waals surface area (Å²) in [6, 6.07) is 6.11. The monoisotopic (exact) mass is 383 g/mol. The van der Waals surface area contributed by atoms with Crippen molar-refractivity contribution in [1.82, 2.24) is 25.4 Å². The summed E-state index contributed by atoms with van der Waals surface area (Å²) in [5.74, 6) is -0.592. The maximum absolute atomic E-state index is 14.5. The molecule has 1 aliphatic rings. The lowest BCUT2D eigenvalue weighted by atomic mass is 10.00. The Hall–Kier alpha value is -2.51. The van der Waals surface area contributed by atoms with Crippen molar-refractivity contribution < 1.29 is 9.50 Å². The largest absolute Gasteiger partial charge is 0.508 e. The van der Waals surface area contributed by atoms with Crippen LogP contribution >= 0.6 is 0 Å². The molecule has 2 aromatic heterocycles. The normalized spacial score (nSPS) is 17.3. The van der Waals surface area contributed by atoms with Crippen molar-refractivity contribution in [3.63, 3.8) is 0 Å². The molecule has 0 atom stereocenters. The fourth-order valence-corrected chi connectivity index (χ4v) is 4.02. The van der Waals surface area contributed by atoms with E-state index in [1.807, 2.05) is 6.07 Å². The standard InChI is InChI=1S/C21H26FN5O/c1-4-17-19-13(11-27-8-7-23-21(2,3)12-27)9-18(24-20(19)26-25-17)15-6-5-14(28)10-16(15)22/h5-6,9-10,23,28H,4,7-8,11-12H2,1-3H3,(H,24,25,26). The van der Waals surface area contributed by atoms with Gasteiger partial charge in [-0.2, -0.15) is 5.10 Å². The zero-order chi connectivity index (χ0) is 19.9. The summed E-state index contributed by atoms with van der Waals surface area (Å²) < 4.78 is 14.5.